The molecule has 52 valence electrons. The van der Waals surface area contributed by atoms with Gasteiger partial charge in [0, 0.05) is 7.05 Å². The fourth-order valence-electron chi connectivity index (χ4n) is 0.757. The van der Waals surface area contributed by atoms with Crippen molar-refractivity contribution in [3.63, 3.8) is 0 Å². The fourth-order valence-corrected chi connectivity index (χ4v) is 0.757. The van der Waals surface area contributed by atoms with Crippen molar-refractivity contribution in [2.45, 2.75) is 6.92 Å². The number of nitrogens with zero attached hydrogens (tertiary/aromatic N) is 3. The third kappa shape index (κ3) is 0.760. The van der Waals surface area contributed by atoms with Gasteiger partial charge < -0.3 is 0 Å². The lowest BCUT2D eigenvalue weighted by Gasteiger charge is -1.84. The first-order valence-electron chi connectivity index (χ1n) is 2.76. The van der Waals surface area contributed by atoms with E-state index < -0.39 is 5.95 Å². The maximum absolute atomic E-state index is 12.7. The first-order valence-corrected chi connectivity index (χ1v) is 2.76. The van der Waals surface area contributed by atoms with E-state index in [0.29, 0.717) is 5.69 Å². The molecular formula is C6H6FN3. The molecule has 1 aromatic heterocycles. The molecule has 0 aliphatic rings. The summed E-state index contributed by atoms with van der Waals surface area (Å²) < 4.78 is 13.8. The van der Waals surface area contributed by atoms with Crippen LogP contribution in [-0.4, -0.2) is 9.78 Å². The van der Waals surface area contributed by atoms with Crippen molar-refractivity contribution in [1.29, 1.82) is 5.26 Å². The van der Waals surface area contributed by atoms with Crippen LogP contribution in [0.25, 0.3) is 0 Å². The van der Waals surface area contributed by atoms with Gasteiger partial charge in [-0.15, -0.1) is 0 Å². The highest BCUT2D eigenvalue weighted by Gasteiger charge is 2.10. The molecule has 0 aliphatic heterocycles. The Hall–Kier alpha value is -1.37. The van der Waals surface area contributed by atoms with Gasteiger partial charge in [0.05, 0.1) is 5.69 Å². The first kappa shape index (κ1) is 6.75. The maximum Gasteiger partial charge on any atom is 0.229 e. The van der Waals surface area contributed by atoms with Crippen molar-refractivity contribution in [2.75, 3.05) is 0 Å². The van der Waals surface area contributed by atoms with Gasteiger partial charge >= 0.3 is 0 Å². The van der Waals surface area contributed by atoms with Crippen LogP contribution in [0.3, 0.4) is 0 Å². The molecular weight excluding hydrogens is 133 g/mol. The van der Waals surface area contributed by atoms with Crippen LogP contribution in [0.4, 0.5) is 4.39 Å². The second-order valence-corrected chi connectivity index (χ2v) is 1.99. The highest BCUT2D eigenvalue weighted by molar-refractivity contribution is 5.31. The van der Waals surface area contributed by atoms with Crippen LogP contribution >= 0.6 is 0 Å². The molecule has 3 nitrogen and oxygen atoms in total. The lowest BCUT2D eigenvalue weighted by atomic mass is 10.3. The van der Waals surface area contributed by atoms with Crippen LogP contribution in [0.1, 0.15) is 11.3 Å². The van der Waals surface area contributed by atoms with Crippen LogP contribution in [0.15, 0.2) is 0 Å². The highest BCUT2D eigenvalue weighted by Crippen LogP contribution is 2.07. The van der Waals surface area contributed by atoms with E-state index in [-0.39, 0.29) is 5.56 Å². The smallest absolute Gasteiger partial charge is 0.229 e. The molecule has 1 aromatic rings. The van der Waals surface area contributed by atoms with Gasteiger partial charge in [-0.1, -0.05) is 0 Å². The lowest BCUT2D eigenvalue weighted by Crippen LogP contribution is -1.93. The van der Waals surface area contributed by atoms with Crippen molar-refractivity contribution in [1.82, 2.24) is 9.78 Å². The van der Waals surface area contributed by atoms with E-state index in [1.54, 1.807) is 13.0 Å². The Kier molecular flexibility index (Phi) is 1.42. The van der Waals surface area contributed by atoms with Crippen molar-refractivity contribution in [3.05, 3.63) is 17.2 Å². The molecule has 0 atom stereocenters. The van der Waals surface area contributed by atoms with E-state index in [0.717, 1.165) is 4.68 Å². The van der Waals surface area contributed by atoms with Crippen LogP contribution < -0.4 is 0 Å². The SMILES string of the molecule is Cc1nn(C)c(F)c1C#N. The van der Waals surface area contributed by atoms with E-state index >= 15 is 0 Å². The third-order valence-electron chi connectivity index (χ3n) is 1.26. The maximum atomic E-state index is 12.7. The minimum absolute atomic E-state index is 0.0301. The molecule has 0 fully saturated rings. The minimum Gasteiger partial charge on any atom is -0.241 e. The monoisotopic (exact) mass is 139 g/mol. The second kappa shape index (κ2) is 2.10. The molecule has 0 spiro atoms. The molecule has 0 saturated heterocycles. The predicted molar refractivity (Wildman–Crippen MR) is 32.6 cm³/mol. The number of hydrogen-bond acceptors (Lipinski definition) is 2. The van der Waals surface area contributed by atoms with E-state index in [9.17, 15) is 4.39 Å². The summed E-state index contributed by atoms with van der Waals surface area (Å²) in [5.74, 6) is -0.569. The zero-order valence-corrected chi connectivity index (χ0v) is 5.72. The number of nitriles is 1. The summed E-state index contributed by atoms with van der Waals surface area (Å²) in [6.07, 6.45) is 0. The summed E-state index contributed by atoms with van der Waals surface area (Å²) in [6, 6.07) is 1.73. The molecule has 0 radical (unpaired) electrons. The van der Waals surface area contributed by atoms with Gasteiger partial charge in [-0.3, -0.25) is 0 Å². The quantitative estimate of drug-likeness (QED) is 0.532. The van der Waals surface area contributed by atoms with Crippen LogP contribution in [-0.2, 0) is 7.05 Å². The van der Waals surface area contributed by atoms with Crippen molar-refractivity contribution < 1.29 is 4.39 Å². The van der Waals surface area contributed by atoms with E-state index in [2.05, 4.69) is 5.10 Å². The summed E-state index contributed by atoms with van der Waals surface area (Å²) in [4.78, 5) is 0. The Balaban J connectivity index is 3.37. The summed E-state index contributed by atoms with van der Waals surface area (Å²) in [5.41, 5.74) is 0.463. The fraction of sp³-hybridized carbons (Fsp3) is 0.333. The van der Waals surface area contributed by atoms with Crippen molar-refractivity contribution >= 4 is 0 Å². The number of aromatic nitrogens is 2. The van der Waals surface area contributed by atoms with Gasteiger partial charge in [0.15, 0.2) is 0 Å². The summed E-state index contributed by atoms with van der Waals surface area (Å²) in [6.45, 7) is 1.60. The molecule has 0 amide bonds. The Morgan fingerprint density at radius 3 is 2.50 bits per heavy atom. The van der Waals surface area contributed by atoms with Crippen LogP contribution in [0.2, 0.25) is 0 Å². The Morgan fingerprint density at radius 1 is 1.70 bits per heavy atom. The highest BCUT2D eigenvalue weighted by atomic mass is 19.1. The van der Waals surface area contributed by atoms with E-state index in [4.69, 9.17) is 5.26 Å². The zero-order chi connectivity index (χ0) is 7.72. The van der Waals surface area contributed by atoms with E-state index in [1.807, 2.05) is 0 Å². The molecule has 1 heterocycles. The Bertz CT molecular complexity index is 295. The molecule has 0 saturated carbocycles. The van der Waals surface area contributed by atoms with Crippen LogP contribution in [0.5, 0.6) is 0 Å². The summed E-state index contributed by atoms with van der Waals surface area (Å²) in [7, 11) is 1.46. The molecule has 0 bridgehead atoms. The molecule has 0 aliphatic carbocycles. The minimum atomic E-state index is -0.569. The number of rotatable bonds is 0. The number of halogens is 1. The molecule has 0 aromatic carbocycles. The third-order valence-corrected chi connectivity index (χ3v) is 1.26. The molecule has 0 N–H and O–H groups in total. The Morgan fingerprint density at radius 2 is 2.30 bits per heavy atom. The van der Waals surface area contributed by atoms with Crippen LogP contribution in [0, 0.1) is 24.2 Å². The van der Waals surface area contributed by atoms with Gasteiger partial charge in [0.1, 0.15) is 11.6 Å². The number of aryl methyl sites for hydroxylation is 2. The second-order valence-electron chi connectivity index (χ2n) is 1.99. The summed E-state index contributed by atoms with van der Waals surface area (Å²) in [5, 5.41) is 12.1. The molecule has 4 heteroatoms. The van der Waals surface area contributed by atoms with Gasteiger partial charge in [-0.25, -0.2) is 4.68 Å². The topological polar surface area (TPSA) is 41.6 Å². The molecule has 0 unspecified atom stereocenters. The molecule has 1 rings (SSSR count). The average Bonchev–Trinajstić information content (AvgIpc) is 2.09. The van der Waals surface area contributed by atoms with Gasteiger partial charge in [-0.2, -0.15) is 14.8 Å². The predicted octanol–water partition coefficient (Wildman–Crippen LogP) is 0.739. The van der Waals surface area contributed by atoms with Gasteiger partial charge in [-0.05, 0) is 6.92 Å². The largest absolute Gasteiger partial charge is 0.241 e. The van der Waals surface area contributed by atoms with Gasteiger partial charge in [0.2, 0.25) is 5.95 Å². The standard InChI is InChI=1S/C6H6FN3/c1-4-5(3-8)6(7)10(2)9-4/h1-2H3. The van der Waals surface area contributed by atoms with Crippen molar-refractivity contribution in [2.24, 2.45) is 7.05 Å². The molecule has 10 heavy (non-hydrogen) atoms. The first-order chi connectivity index (χ1) is 4.66. The van der Waals surface area contributed by atoms with E-state index in [1.165, 1.54) is 7.05 Å². The zero-order valence-electron chi connectivity index (χ0n) is 5.72. The Labute approximate surface area is 57.7 Å². The normalized spacial score (nSPS) is 9.40. The lowest BCUT2D eigenvalue weighted by molar-refractivity contribution is 0.501. The number of hydrogen-bond donors (Lipinski definition) is 0. The van der Waals surface area contributed by atoms with Gasteiger partial charge in [0.25, 0.3) is 0 Å². The average molecular weight is 139 g/mol. The summed E-state index contributed by atoms with van der Waals surface area (Å²) >= 11 is 0. The van der Waals surface area contributed by atoms with Crippen molar-refractivity contribution in [3.8, 4) is 6.07 Å².